The Morgan fingerprint density at radius 2 is 2.00 bits per heavy atom. The number of anilines is 2. The zero-order valence-corrected chi connectivity index (χ0v) is 19.8. The van der Waals surface area contributed by atoms with Gasteiger partial charge in [-0.3, -0.25) is 9.36 Å². The average molecular weight is 480 g/mol. The highest BCUT2D eigenvalue weighted by Gasteiger charge is 2.22. The first-order valence-corrected chi connectivity index (χ1v) is 11.8. The van der Waals surface area contributed by atoms with E-state index in [1.165, 1.54) is 0 Å². The second-order valence-corrected chi connectivity index (χ2v) is 8.87. The van der Waals surface area contributed by atoms with Crippen molar-refractivity contribution in [1.82, 2.24) is 14.5 Å². The maximum Gasteiger partial charge on any atom is 0.488 e. The summed E-state index contributed by atoms with van der Waals surface area (Å²) in [5.41, 5.74) is 5.89. The van der Waals surface area contributed by atoms with Crippen molar-refractivity contribution in [1.29, 1.82) is 5.26 Å². The molecule has 0 unspecified atom stereocenters. The summed E-state index contributed by atoms with van der Waals surface area (Å²) in [7, 11) is -1.51. The molecule has 9 nitrogen and oxygen atoms in total. The number of carbonyl (C=O) groups is 1. The van der Waals surface area contributed by atoms with Crippen LogP contribution in [0.3, 0.4) is 0 Å². The van der Waals surface area contributed by atoms with E-state index in [-0.39, 0.29) is 12.3 Å². The van der Waals surface area contributed by atoms with E-state index in [1.807, 2.05) is 47.9 Å². The Kier molecular flexibility index (Phi) is 6.42. The molecule has 0 fully saturated rings. The SMILES string of the molecule is Cc1cc2c(NC(=O)CC#N)cccc2n1-c1nc2c(c(NCc3cccc(B(O)O)c3)n1)CCC2. The number of nitrogens with one attached hydrogen (secondary N) is 2. The minimum absolute atomic E-state index is 0.209. The first-order valence-electron chi connectivity index (χ1n) is 11.8. The topological polar surface area (TPSA) is 136 Å². The molecule has 180 valence electrons. The molecule has 0 spiro atoms. The lowest BCUT2D eigenvalue weighted by Crippen LogP contribution is -2.30. The van der Waals surface area contributed by atoms with Crippen LogP contribution in [0.4, 0.5) is 11.5 Å². The number of amides is 1. The lowest BCUT2D eigenvalue weighted by atomic mass is 9.79. The first-order chi connectivity index (χ1) is 17.4. The zero-order valence-electron chi connectivity index (χ0n) is 19.8. The Morgan fingerprint density at radius 1 is 1.17 bits per heavy atom. The second-order valence-electron chi connectivity index (χ2n) is 8.87. The average Bonchev–Trinajstić information content (AvgIpc) is 3.47. The van der Waals surface area contributed by atoms with Crippen LogP contribution >= 0.6 is 0 Å². The molecular formula is C26H25BN6O3. The van der Waals surface area contributed by atoms with E-state index in [0.29, 0.717) is 23.6 Å². The van der Waals surface area contributed by atoms with Crippen LogP contribution in [0, 0.1) is 18.3 Å². The lowest BCUT2D eigenvalue weighted by Gasteiger charge is -2.15. The third kappa shape index (κ3) is 4.54. The van der Waals surface area contributed by atoms with Crippen molar-refractivity contribution >= 4 is 40.9 Å². The maximum atomic E-state index is 12.0. The number of rotatable bonds is 7. The molecule has 0 saturated carbocycles. The summed E-state index contributed by atoms with van der Waals surface area (Å²) in [5.74, 6) is 0.960. The van der Waals surface area contributed by atoms with Crippen molar-refractivity contribution in [3.8, 4) is 12.0 Å². The summed E-state index contributed by atoms with van der Waals surface area (Å²) in [6.07, 6.45) is 2.57. The fraction of sp³-hybridized carbons (Fsp3) is 0.231. The fourth-order valence-electron chi connectivity index (χ4n) is 4.72. The molecule has 5 rings (SSSR count). The summed E-state index contributed by atoms with van der Waals surface area (Å²) in [4.78, 5) is 21.8. The van der Waals surface area contributed by atoms with Gasteiger partial charge in [0, 0.05) is 23.2 Å². The molecule has 4 N–H and O–H groups in total. The summed E-state index contributed by atoms with van der Waals surface area (Å²) in [5, 5.41) is 34.9. The van der Waals surface area contributed by atoms with E-state index in [1.54, 1.807) is 18.2 Å². The molecule has 10 heteroatoms. The number of carbonyl (C=O) groups excluding carboxylic acids is 1. The summed E-state index contributed by atoms with van der Waals surface area (Å²) >= 11 is 0. The minimum atomic E-state index is -1.51. The standard InChI is InChI=1S/C26H25BN6O3/c1-16-13-20-22(30-24(34)11-12-28)9-4-10-23(20)33(16)26-31-21-8-3-7-19(21)25(32-26)29-15-17-5-2-6-18(14-17)27(35)36/h2,4-6,9-10,13-14,35-36H,3,7-8,11,15H2,1H3,(H,30,34)(H,29,31,32). The van der Waals surface area contributed by atoms with Crippen molar-refractivity contribution in [2.75, 3.05) is 10.6 Å². The molecule has 0 aliphatic heterocycles. The van der Waals surface area contributed by atoms with Gasteiger partial charge >= 0.3 is 7.12 Å². The molecule has 2 aromatic heterocycles. The quantitative estimate of drug-likeness (QED) is 0.298. The highest BCUT2D eigenvalue weighted by atomic mass is 16.4. The van der Waals surface area contributed by atoms with Gasteiger partial charge < -0.3 is 20.7 Å². The Bertz CT molecular complexity index is 1510. The Hall–Kier alpha value is -4.20. The molecule has 1 aliphatic rings. The number of fused-ring (bicyclic) bond motifs is 2. The molecule has 0 radical (unpaired) electrons. The van der Waals surface area contributed by atoms with Gasteiger partial charge in [-0.2, -0.15) is 10.2 Å². The van der Waals surface area contributed by atoms with E-state index in [2.05, 4.69) is 10.6 Å². The normalized spacial score (nSPS) is 12.3. The van der Waals surface area contributed by atoms with Crippen LogP contribution < -0.4 is 16.1 Å². The van der Waals surface area contributed by atoms with Crippen LogP contribution in [-0.2, 0) is 24.2 Å². The van der Waals surface area contributed by atoms with Crippen LogP contribution in [0.5, 0.6) is 0 Å². The number of aromatic nitrogens is 3. The number of hydrogen-bond acceptors (Lipinski definition) is 7. The molecule has 4 aromatic rings. The van der Waals surface area contributed by atoms with E-state index >= 15 is 0 Å². The molecule has 2 heterocycles. The summed E-state index contributed by atoms with van der Waals surface area (Å²) < 4.78 is 1.97. The summed E-state index contributed by atoms with van der Waals surface area (Å²) in [6, 6.07) is 16.6. The molecule has 1 amide bonds. The van der Waals surface area contributed by atoms with Gasteiger partial charge in [0.15, 0.2) is 0 Å². The smallest absolute Gasteiger partial charge is 0.423 e. The number of aryl methyl sites for hydroxylation is 2. The lowest BCUT2D eigenvalue weighted by molar-refractivity contribution is -0.115. The van der Waals surface area contributed by atoms with E-state index in [9.17, 15) is 14.8 Å². The van der Waals surface area contributed by atoms with Gasteiger partial charge in [0.1, 0.15) is 12.2 Å². The van der Waals surface area contributed by atoms with Crippen molar-refractivity contribution in [3.63, 3.8) is 0 Å². The van der Waals surface area contributed by atoms with Gasteiger partial charge in [-0.05, 0) is 55.4 Å². The molecule has 36 heavy (non-hydrogen) atoms. The predicted octanol–water partition coefficient (Wildman–Crippen LogP) is 2.36. The molecule has 2 aromatic carbocycles. The predicted molar refractivity (Wildman–Crippen MR) is 138 cm³/mol. The maximum absolute atomic E-state index is 12.0. The van der Waals surface area contributed by atoms with Gasteiger partial charge in [0.2, 0.25) is 11.9 Å². The number of benzene rings is 2. The highest BCUT2D eigenvalue weighted by molar-refractivity contribution is 6.58. The van der Waals surface area contributed by atoms with Crippen LogP contribution in [-0.4, -0.2) is 37.6 Å². The van der Waals surface area contributed by atoms with Gasteiger partial charge in [0.05, 0.1) is 23.0 Å². The highest BCUT2D eigenvalue weighted by Crippen LogP contribution is 2.32. The monoisotopic (exact) mass is 480 g/mol. The second kappa shape index (κ2) is 9.81. The Labute approximate surface area is 208 Å². The summed E-state index contributed by atoms with van der Waals surface area (Å²) in [6.45, 7) is 2.44. The molecule has 0 bridgehead atoms. The number of nitriles is 1. The van der Waals surface area contributed by atoms with Crippen molar-refractivity contribution in [2.45, 2.75) is 39.2 Å². The van der Waals surface area contributed by atoms with Gasteiger partial charge in [-0.25, -0.2) is 4.98 Å². The van der Waals surface area contributed by atoms with Crippen molar-refractivity contribution in [2.24, 2.45) is 0 Å². The third-order valence-electron chi connectivity index (χ3n) is 6.37. The Balaban J connectivity index is 1.52. The van der Waals surface area contributed by atoms with Crippen LogP contribution in [0.1, 0.15) is 35.4 Å². The first kappa shape index (κ1) is 23.5. The molecule has 0 atom stereocenters. The van der Waals surface area contributed by atoms with E-state index in [0.717, 1.165) is 58.5 Å². The number of nitrogens with zero attached hydrogens (tertiary/aromatic N) is 4. The van der Waals surface area contributed by atoms with Crippen LogP contribution in [0.25, 0.3) is 16.9 Å². The van der Waals surface area contributed by atoms with Gasteiger partial charge in [0.25, 0.3) is 0 Å². The number of hydrogen-bond donors (Lipinski definition) is 4. The van der Waals surface area contributed by atoms with E-state index < -0.39 is 7.12 Å². The Morgan fingerprint density at radius 3 is 2.81 bits per heavy atom. The van der Waals surface area contributed by atoms with Gasteiger partial charge in [-0.1, -0.05) is 30.3 Å². The molecule has 0 saturated heterocycles. The van der Waals surface area contributed by atoms with Crippen molar-refractivity contribution < 1.29 is 14.8 Å². The van der Waals surface area contributed by atoms with E-state index in [4.69, 9.17) is 15.2 Å². The van der Waals surface area contributed by atoms with Crippen LogP contribution in [0.15, 0.2) is 48.5 Å². The van der Waals surface area contributed by atoms with Gasteiger partial charge in [-0.15, -0.1) is 0 Å². The largest absolute Gasteiger partial charge is 0.488 e. The fourth-order valence-corrected chi connectivity index (χ4v) is 4.72. The molecule has 1 aliphatic carbocycles. The van der Waals surface area contributed by atoms with Crippen molar-refractivity contribution in [3.05, 3.63) is 71.0 Å². The third-order valence-corrected chi connectivity index (χ3v) is 6.37. The minimum Gasteiger partial charge on any atom is -0.423 e. The van der Waals surface area contributed by atoms with Crippen LogP contribution in [0.2, 0.25) is 0 Å². The molecular weight excluding hydrogens is 455 g/mol. The zero-order chi connectivity index (χ0) is 25.2.